The lowest BCUT2D eigenvalue weighted by Crippen LogP contribution is -2.21. The van der Waals surface area contributed by atoms with Crippen molar-refractivity contribution >= 4 is 33.9 Å². The third kappa shape index (κ3) is 2.33. The van der Waals surface area contributed by atoms with Gasteiger partial charge in [-0.25, -0.2) is 0 Å². The molecule has 0 unspecified atom stereocenters. The van der Waals surface area contributed by atoms with Crippen molar-refractivity contribution < 1.29 is 9.59 Å². The summed E-state index contributed by atoms with van der Waals surface area (Å²) in [6.07, 6.45) is 0. The summed E-state index contributed by atoms with van der Waals surface area (Å²) < 4.78 is 0. The molecule has 100 valence electrons. The van der Waals surface area contributed by atoms with Crippen LogP contribution in [0.5, 0.6) is 0 Å². The molecule has 0 spiro atoms. The average molecular weight is 276 g/mol. The van der Waals surface area contributed by atoms with Gasteiger partial charge in [-0.15, -0.1) is 11.3 Å². The predicted octanol–water partition coefficient (Wildman–Crippen LogP) is 2.30. The summed E-state index contributed by atoms with van der Waals surface area (Å²) in [5.41, 5.74) is 0. The second-order valence-corrected chi connectivity index (χ2v) is 5.73. The van der Waals surface area contributed by atoms with Crippen LogP contribution in [0.2, 0.25) is 0 Å². The van der Waals surface area contributed by atoms with Gasteiger partial charge >= 0.3 is 0 Å². The van der Waals surface area contributed by atoms with Crippen LogP contribution in [-0.2, 0) is 0 Å². The molecule has 0 atom stereocenters. The van der Waals surface area contributed by atoms with Gasteiger partial charge in [-0.1, -0.05) is 24.3 Å². The van der Waals surface area contributed by atoms with Crippen LogP contribution in [0.1, 0.15) is 19.3 Å². The van der Waals surface area contributed by atoms with Crippen molar-refractivity contribution in [2.24, 2.45) is 0 Å². The number of nitrogens with zero attached hydrogens (tertiary/aromatic N) is 2. The zero-order valence-corrected chi connectivity index (χ0v) is 12.2. The minimum Gasteiger partial charge on any atom is -0.344 e. The summed E-state index contributed by atoms with van der Waals surface area (Å²) in [5, 5.41) is 1.69. The number of hydrogen-bond acceptors (Lipinski definition) is 3. The number of benzene rings is 1. The summed E-state index contributed by atoms with van der Waals surface area (Å²) in [4.78, 5) is 28.6. The summed E-state index contributed by atoms with van der Waals surface area (Å²) >= 11 is 1.26. The van der Waals surface area contributed by atoms with Crippen LogP contribution in [0.4, 0.5) is 0 Å². The quantitative estimate of drug-likeness (QED) is 0.844. The van der Waals surface area contributed by atoms with Crippen molar-refractivity contribution in [3.05, 3.63) is 34.0 Å². The van der Waals surface area contributed by atoms with Gasteiger partial charge < -0.3 is 9.80 Å². The zero-order valence-electron chi connectivity index (χ0n) is 11.4. The average Bonchev–Trinajstić information content (AvgIpc) is 2.76. The van der Waals surface area contributed by atoms with Crippen LogP contribution in [0.15, 0.2) is 24.3 Å². The van der Waals surface area contributed by atoms with E-state index >= 15 is 0 Å². The molecule has 0 N–H and O–H groups in total. The van der Waals surface area contributed by atoms with E-state index in [0.717, 1.165) is 10.8 Å². The van der Waals surface area contributed by atoms with Crippen molar-refractivity contribution in [1.82, 2.24) is 9.80 Å². The molecule has 0 aliphatic heterocycles. The Hall–Kier alpha value is -1.88. The highest BCUT2D eigenvalue weighted by Crippen LogP contribution is 2.32. The van der Waals surface area contributed by atoms with Crippen LogP contribution in [0.25, 0.3) is 10.8 Å². The van der Waals surface area contributed by atoms with E-state index in [1.165, 1.54) is 21.1 Å². The number of fused-ring (bicyclic) bond motifs is 1. The number of carbonyl (C=O) groups excluding carboxylic acids is 2. The van der Waals surface area contributed by atoms with E-state index in [1.54, 1.807) is 28.2 Å². The van der Waals surface area contributed by atoms with Crippen LogP contribution in [0.3, 0.4) is 0 Å². The Bertz CT molecular complexity index is 590. The molecule has 5 heteroatoms. The maximum absolute atomic E-state index is 12.2. The van der Waals surface area contributed by atoms with Crippen molar-refractivity contribution in [3.63, 3.8) is 0 Å². The first-order chi connectivity index (χ1) is 8.93. The highest BCUT2D eigenvalue weighted by Gasteiger charge is 2.22. The molecule has 19 heavy (non-hydrogen) atoms. The summed E-state index contributed by atoms with van der Waals surface area (Å²) in [6, 6.07) is 7.53. The lowest BCUT2D eigenvalue weighted by Gasteiger charge is -2.08. The normalized spacial score (nSPS) is 10.5. The Morgan fingerprint density at radius 2 is 1.21 bits per heavy atom. The van der Waals surface area contributed by atoms with Crippen LogP contribution >= 0.6 is 11.3 Å². The second kappa shape index (κ2) is 5.01. The maximum Gasteiger partial charge on any atom is 0.264 e. The van der Waals surface area contributed by atoms with E-state index in [9.17, 15) is 9.59 Å². The molecule has 0 radical (unpaired) electrons. The molecule has 1 aromatic heterocycles. The lowest BCUT2D eigenvalue weighted by molar-refractivity contribution is 0.0829. The zero-order chi connectivity index (χ0) is 14.2. The van der Waals surface area contributed by atoms with Gasteiger partial charge in [0.15, 0.2) is 0 Å². The van der Waals surface area contributed by atoms with Gasteiger partial charge in [0, 0.05) is 39.0 Å². The molecule has 1 heterocycles. The van der Waals surface area contributed by atoms with Crippen molar-refractivity contribution in [1.29, 1.82) is 0 Å². The minimum atomic E-state index is -0.0704. The summed E-state index contributed by atoms with van der Waals surface area (Å²) in [5.74, 6) is -0.141. The number of carbonyl (C=O) groups is 2. The van der Waals surface area contributed by atoms with Gasteiger partial charge in [0.05, 0.1) is 0 Å². The first kappa shape index (κ1) is 13.5. The predicted molar refractivity (Wildman–Crippen MR) is 77.9 cm³/mol. The van der Waals surface area contributed by atoms with E-state index in [-0.39, 0.29) is 11.8 Å². The monoisotopic (exact) mass is 276 g/mol. The fourth-order valence-electron chi connectivity index (χ4n) is 1.82. The number of amides is 2. The van der Waals surface area contributed by atoms with E-state index in [0.29, 0.717) is 9.75 Å². The molecule has 0 aliphatic carbocycles. The molecular formula is C14H16N2O2S. The molecule has 0 bridgehead atoms. The topological polar surface area (TPSA) is 40.6 Å². The van der Waals surface area contributed by atoms with Gasteiger partial charge in [-0.05, 0) is 0 Å². The van der Waals surface area contributed by atoms with E-state index in [1.807, 2.05) is 24.3 Å². The van der Waals surface area contributed by atoms with Gasteiger partial charge in [-0.3, -0.25) is 9.59 Å². The van der Waals surface area contributed by atoms with Gasteiger partial charge in [0.25, 0.3) is 11.8 Å². The van der Waals surface area contributed by atoms with Crippen LogP contribution in [0, 0.1) is 0 Å². The maximum atomic E-state index is 12.2. The van der Waals surface area contributed by atoms with Crippen molar-refractivity contribution in [2.45, 2.75) is 0 Å². The standard InChI is InChI=1S/C14H16N2O2S/c1-15(2)13(17)11-9-7-5-6-8-10(9)12(19-11)14(18)16(3)4/h5-8H,1-4H3. The molecule has 0 fully saturated rings. The number of thiophene rings is 1. The molecule has 2 rings (SSSR count). The van der Waals surface area contributed by atoms with Crippen LogP contribution < -0.4 is 0 Å². The Morgan fingerprint density at radius 3 is 1.53 bits per heavy atom. The third-order valence-electron chi connectivity index (χ3n) is 2.82. The molecule has 0 saturated carbocycles. The third-order valence-corrected chi connectivity index (χ3v) is 4.02. The summed E-state index contributed by atoms with van der Waals surface area (Å²) in [7, 11) is 6.85. The van der Waals surface area contributed by atoms with Crippen molar-refractivity contribution in [2.75, 3.05) is 28.2 Å². The van der Waals surface area contributed by atoms with Gasteiger partial charge in [0.1, 0.15) is 9.75 Å². The second-order valence-electron chi connectivity index (χ2n) is 4.71. The van der Waals surface area contributed by atoms with E-state index in [4.69, 9.17) is 0 Å². The Labute approximate surface area is 116 Å². The van der Waals surface area contributed by atoms with E-state index in [2.05, 4.69) is 0 Å². The molecule has 4 nitrogen and oxygen atoms in total. The Kier molecular flexibility index (Phi) is 3.57. The Morgan fingerprint density at radius 1 is 0.842 bits per heavy atom. The highest BCUT2D eigenvalue weighted by atomic mass is 32.1. The molecule has 2 amide bonds. The molecule has 0 aliphatic rings. The number of hydrogen-bond donors (Lipinski definition) is 0. The first-order valence-corrected chi connectivity index (χ1v) is 6.70. The molecule has 0 saturated heterocycles. The first-order valence-electron chi connectivity index (χ1n) is 5.88. The smallest absolute Gasteiger partial charge is 0.264 e. The fraction of sp³-hybridized carbons (Fsp3) is 0.286. The lowest BCUT2D eigenvalue weighted by atomic mass is 10.1. The van der Waals surface area contributed by atoms with Crippen molar-refractivity contribution in [3.8, 4) is 0 Å². The van der Waals surface area contributed by atoms with Gasteiger partial charge in [0.2, 0.25) is 0 Å². The molecule has 1 aromatic carbocycles. The number of rotatable bonds is 2. The molecule has 2 aromatic rings. The molecular weight excluding hydrogens is 260 g/mol. The van der Waals surface area contributed by atoms with Crippen LogP contribution in [-0.4, -0.2) is 49.8 Å². The Balaban J connectivity index is 2.68. The minimum absolute atomic E-state index is 0.0704. The largest absolute Gasteiger partial charge is 0.344 e. The van der Waals surface area contributed by atoms with Gasteiger partial charge in [-0.2, -0.15) is 0 Å². The van der Waals surface area contributed by atoms with E-state index < -0.39 is 0 Å². The SMILES string of the molecule is CN(C)C(=O)c1sc(C(=O)N(C)C)c2ccccc12. The summed E-state index contributed by atoms with van der Waals surface area (Å²) in [6.45, 7) is 0. The highest BCUT2D eigenvalue weighted by molar-refractivity contribution is 7.17. The fourth-order valence-corrected chi connectivity index (χ4v) is 3.13.